The Morgan fingerprint density at radius 3 is 2.52 bits per heavy atom. The van der Waals surface area contributed by atoms with E-state index >= 15 is 0 Å². The lowest BCUT2D eigenvalue weighted by atomic mass is 9.85. The first kappa shape index (κ1) is 29.9. The second-order valence-electron chi connectivity index (χ2n) is 12.8. The number of aliphatic hydroxyl groups is 1. The molecule has 0 bridgehead atoms. The van der Waals surface area contributed by atoms with Gasteiger partial charge in [0.15, 0.2) is 11.6 Å². The van der Waals surface area contributed by atoms with Crippen LogP contribution in [-0.2, 0) is 6.54 Å². The zero-order valence-electron chi connectivity index (χ0n) is 24.3. The Balaban J connectivity index is 1.37. The summed E-state index contributed by atoms with van der Waals surface area (Å²) in [6.45, 7) is 6.51. The molecule has 0 saturated heterocycles. The zero-order valence-corrected chi connectivity index (χ0v) is 24.3. The Labute approximate surface area is 244 Å². The fourth-order valence-electron chi connectivity index (χ4n) is 6.16. The topological polar surface area (TPSA) is 92.6 Å². The lowest BCUT2D eigenvalue weighted by Crippen LogP contribution is -2.46. The maximum atomic E-state index is 14.8. The highest BCUT2D eigenvalue weighted by Gasteiger charge is 2.44. The lowest BCUT2D eigenvalue weighted by molar-refractivity contribution is 0.0281. The van der Waals surface area contributed by atoms with Crippen molar-refractivity contribution in [1.29, 1.82) is 0 Å². The molecular formula is C33H39F2N3O4. The van der Waals surface area contributed by atoms with Gasteiger partial charge in [0.05, 0.1) is 17.7 Å². The first-order valence-corrected chi connectivity index (χ1v) is 14.6. The number of rotatable bonds is 8. The molecule has 3 atom stereocenters. The maximum Gasteiger partial charge on any atom is 0.253 e. The summed E-state index contributed by atoms with van der Waals surface area (Å²) < 4.78 is 36.7. The zero-order chi connectivity index (χ0) is 30.1. The molecule has 0 unspecified atom stereocenters. The highest BCUT2D eigenvalue weighted by atomic mass is 19.1. The molecule has 2 aromatic carbocycles. The largest absolute Gasteiger partial charge is 0.484 e. The molecule has 3 aromatic rings. The Morgan fingerprint density at radius 1 is 1.12 bits per heavy atom. The highest BCUT2D eigenvalue weighted by Crippen LogP contribution is 2.48. The average molecular weight is 580 g/mol. The second kappa shape index (κ2) is 12.0. The number of fused-ring (bicyclic) bond motifs is 1. The van der Waals surface area contributed by atoms with Crippen molar-refractivity contribution in [2.24, 2.45) is 5.41 Å². The molecule has 1 fully saturated rings. The fourth-order valence-corrected chi connectivity index (χ4v) is 6.16. The Bertz CT molecular complexity index is 1480. The molecule has 3 N–H and O–H groups in total. The molecule has 1 saturated carbocycles. The predicted molar refractivity (Wildman–Crippen MR) is 156 cm³/mol. The summed E-state index contributed by atoms with van der Waals surface area (Å²) in [5.41, 5.74) is 0.484. The number of hydrogen-bond donors (Lipinski definition) is 3. The monoisotopic (exact) mass is 579 g/mol. The van der Waals surface area contributed by atoms with Gasteiger partial charge in [-0.15, -0.1) is 0 Å². The number of aliphatic hydroxyl groups excluding tert-OH is 1. The number of benzene rings is 2. The molecule has 1 aliphatic heterocycles. The van der Waals surface area contributed by atoms with Gasteiger partial charge in [0.1, 0.15) is 11.4 Å². The van der Waals surface area contributed by atoms with Crippen molar-refractivity contribution >= 4 is 5.91 Å². The Kier molecular flexibility index (Phi) is 8.53. The number of nitrogens with zero attached hydrogens (tertiary/aromatic N) is 1. The van der Waals surface area contributed by atoms with Gasteiger partial charge in [0.2, 0.25) is 0 Å². The molecular weight excluding hydrogens is 540 g/mol. The van der Waals surface area contributed by atoms with Gasteiger partial charge in [-0.3, -0.25) is 9.59 Å². The summed E-state index contributed by atoms with van der Waals surface area (Å²) in [6, 6.07) is 12.9. The Morgan fingerprint density at radius 2 is 1.83 bits per heavy atom. The molecule has 1 aliphatic carbocycles. The molecule has 9 heteroatoms. The smallest absolute Gasteiger partial charge is 0.253 e. The summed E-state index contributed by atoms with van der Waals surface area (Å²) in [7, 11) is 0. The molecule has 1 amide bonds. The number of aromatic nitrogens is 1. The molecule has 1 spiro atoms. The van der Waals surface area contributed by atoms with Gasteiger partial charge in [-0.25, -0.2) is 8.78 Å². The van der Waals surface area contributed by atoms with Gasteiger partial charge in [0, 0.05) is 49.4 Å². The fraction of sp³-hybridized carbons (Fsp3) is 0.455. The van der Waals surface area contributed by atoms with Crippen LogP contribution in [0.5, 0.6) is 5.75 Å². The van der Waals surface area contributed by atoms with E-state index in [1.165, 1.54) is 22.8 Å². The van der Waals surface area contributed by atoms with Crippen LogP contribution in [0.1, 0.15) is 86.4 Å². The molecule has 2 heterocycles. The highest BCUT2D eigenvalue weighted by molar-refractivity contribution is 5.94. The third kappa shape index (κ3) is 6.73. The van der Waals surface area contributed by atoms with Crippen LogP contribution >= 0.6 is 0 Å². The van der Waals surface area contributed by atoms with E-state index in [1.807, 2.05) is 51.1 Å². The number of carbonyl (C=O) groups is 1. The van der Waals surface area contributed by atoms with E-state index in [4.69, 9.17) is 4.74 Å². The van der Waals surface area contributed by atoms with Crippen LogP contribution in [0.3, 0.4) is 0 Å². The van der Waals surface area contributed by atoms with Crippen LogP contribution in [-0.4, -0.2) is 33.8 Å². The van der Waals surface area contributed by atoms with Crippen molar-refractivity contribution in [1.82, 2.24) is 15.2 Å². The minimum Gasteiger partial charge on any atom is -0.484 e. The summed E-state index contributed by atoms with van der Waals surface area (Å²) in [5, 5.41) is 17.7. The molecule has 7 nitrogen and oxygen atoms in total. The number of halogens is 2. The van der Waals surface area contributed by atoms with Crippen LogP contribution in [0.15, 0.2) is 65.6 Å². The van der Waals surface area contributed by atoms with E-state index < -0.39 is 41.3 Å². The van der Waals surface area contributed by atoms with Gasteiger partial charge >= 0.3 is 0 Å². The summed E-state index contributed by atoms with van der Waals surface area (Å²) in [6.07, 6.45) is 4.48. The number of ether oxygens (including phenoxy) is 1. The third-order valence-electron chi connectivity index (χ3n) is 8.12. The van der Waals surface area contributed by atoms with Crippen LogP contribution < -0.4 is 20.9 Å². The standard InChI is InChI=1S/C33H39F2N3O4/c1-32(2,3)20-38-19-22(11-12-28(38)40)31(41)37-29(21-9-5-4-6-10-21)27(39)18-36-26-17-33(13-7-8-14-33)42-30-24(26)15-23(34)16-25(30)35/h4-6,9-12,15-16,19,26-27,29,36,39H,7-8,13-14,17-18,20H2,1-3H3,(H,37,41)/t26-,27+,29-/m0/s1. The van der Waals surface area contributed by atoms with E-state index in [2.05, 4.69) is 10.6 Å². The van der Waals surface area contributed by atoms with Crippen molar-refractivity contribution in [2.45, 2.75) is 83.2 Å². The van der Waals surface area contributed by atoms with Crippen molar-refractivity contribution in [3.63, 3.8) is 0 Å². The molecule has 5 rings (SSSR count). The van der Waals surface area contributed by atoms with Gasteiger partial charge in [-0.1, -0.05) is 51.1 Å². The van der Waals surface area contributed by atoms with E-state index in [0.29, 0.717) is 29.7 Å². The number of nitrogens with one attached hydrogen (secondary N) is 2. The SMILES string of the molecule is CC(C)(C)Cn1cc(C(=O)N[C@@H](c2ccccc2)[C@H](O)CN[C@H]2CC3(CCCC3)Oc3c(F)cc(F)cc32)ccc1=O. The van der Waals surface area contributed by atoms with Gasteiger partial charge < -0.3 is 25.0 Å². The average Bonchev–Trinajstić information content (AvgIpc) is 3.39. The summed E-state index contributed by atoms with van der Waals surface area (Å²) >= 11 is 0. The van der Waals surface area contributed by atoms with Crippen LogP contribution in [0, 0.1) is 17.0 Å². The first-order chi connectivity index (χ1) is 19.9. The van der Waals surface area contributed by atoms with Crippen LogP contribution in [0.2, 0.25) is 0 Å². The van der Waals surface area contributed by atoms with Crippen LogP contribution in [0.4, 0.5) is 8.78 Å². The number of hydrogen-bond acceptors (Lipinski definition) is 5. The van der Waals surface area contributed by atoms with Gasteiger partial charge in [0.25, 0.3) is 11.5 Å². The quantitative estimate of drug-likeness (QED) is 0.331. The molecule has 42 heavy (non-hydrogen) atoms. The number of carbonyl (C=O) groups excluding carboxylic acids is 1. The van der Waals surface area contributed by atoms with E-state index in [9.17, 15) is 23.5 Å². The molecule has 0 radical (unpaired) electrons. The predicted octanol–water partition coefficient (Wildman–Crippen LogP) is 5.43. The third-order valence-corrected chi connectivity index (χ3v) is 8.12. The first-order valence-electron chi connectivity index (χ1n) is 14.6. The number of amides is 1. The van der Waals surface area contributed by atoms with E-state index in [-0.39, 0.29) is 23.3 Å². The minimum absolute atomic E-state index is 0.0433. The molecule has 224 valence electrons. The summed E-state index contributed by atoms with van der Waals surface area (Å²) in [4.78, 5) is 25.8. The van der Waals surface area contributed by atoms with E-state index in [0.717, 1.165) is 31.7 Å². The van der Waals surface area contributed by atoms with E-state index in [1.54, 1.807) is 6.20 Å². The number of pyridine rings is 1. The molecule has 1 aromatic heterocycles. The Hall–Kier alpha value is -3.56. The van der Waals surface area contributed by atoms with Crippen molar-refractivity contribution in [3.8, 4) is 5.75 Å². The summed E-state index contributed by atoms with van der Waals surface area (Å²) in [5.74, 6) is -1.79. The minimum atomic E-state index is -1.08. The van der Waals surface area contributed by atoms with Crippen molar-refractivity contribution in [3.05, 3.63) is 99.5 Å². The lowest BCUT2D eigenvalue weighted by Gasteiger charge is -2.41. The van der Waals surface area contributed by atoms with Crippen molar-refractivity contribution < 1.29 is 23.4 Å². The normalized spacial score (nSPS) is 19.1. The van der Waals surface area contributed by atoms with Gasteiger partial charge in [-0.05, 0) is 48.8 Å². The van der Waals surface area contributed by atoms with Crippen LogP contribution in [0.25, 0.3) is 0 Å². The van der Waals surface area contributed by atoms with Crippen molar-refractivity contribution in [2.75, 3.05) is 6.54 Å². The maximum absolute atomic E-state index is 14.8. The second-order valence-corrected chi connectivity index (χ2v) is 12.8. The molecule has 2 aliphatic rings. The van der Waals surface area contributed by atoms with Gasteiger partial charge in [-0.2, -0.15) is 0 Å².